The van der Waals surface area contributed by atoms with E-state index in [-0.39, 0.29) is 17.9 Å². The molecule has 1 fully saturated rings. The summed E-state index contributed by atoms with van der Waals surface area (Å²) in [4.78, 5) is 22.9. The average molecular weight is 298 g/mol. The molecular weight excluding hydrogens is 268 g/mol. The number of hydrogen-bond acceptors (Lipinski definition) is 2. The van der Waals surface area contributed by atoms with E-state index in [1.54, 1.807) is 0 Å². The lowest BCUT2D eigenvalue weighted by Gasteiger charge is -2.25. The van der Waals surface area contributed by atoms with Crippen LogP contribution in [0.1, 0.15) is 47.0 Å². The van der Waals surface area contributed by atoms with Gasteiger partial charge in [0.05, 0.1) is 5.92 Å². The minimum atomic E-state index is -0.737. The van der Waals surface area contributed by atoms with Gasteiger partial charge in [0.25, 0.3) is 0 Å². The summed E-state index contributed by atoms with van der Waals surface area (Å²) in [5.74, 6) is 0.532. The first-order valence-corrected chi connectivity index (χ1v) is 8.07. The van der Waals surface area contributed by atoms with Crippen molar-refractivity contribution in [3.05, 3.63) is 0 Å². The van der Waals surface area contributed by atoms with Crippen molar-refractivity contribution < 1.29 is 14.7 Å². The lowest BCUT2D eigenvalue weighted by molar-refractivity contribution is -0.142. The molecular formula is C16H30N2O3. The smallest absolute Gasteiger partial charge is 0.314 e. The largest absolute Gasteiger partial charge is 0.481 e. The molecule has 0 aromatic carbocycles. The lowest BCUT2D eigenvalue weighted by Crippen LogP contribution is -2.42. The van der Waals surface area contributed by atoms with Gasteiger partial charge in [-0.2, -0.15) is 0 Å². The van der Waals surface area contributed by atoms with Gasteiger partial charge in [0.1, 0.15) is 0 Å². The van der Waals surface area contributed by atoms with Gasteiger partial charge in [-0.25, -0.2) is 4.79 Å². The molecule has 21 heavy (non-hydrogen) atoms. The van der Waals surface area contributed by atoms with Gasteiger partial charge in [-0.3, -0.25) is 4.79 Å². The molecule has 122 valence electrons. The molecule has 1 aliphatic carbocycles. The molecule has 0 aromatic rings. The van der Waals surface area contributed by atoms with Gasteiger partial charge < -0.3 is 15.7 Å². The second-order valence-corrected chi connectivity index (χ2v) is 6.88. The van der Waals surface area contributed by atoms with Gasteiger partial charge in [0.15, 0.2) is 0 Å². The summed E-state index contributed by atoms with van der Waals surface area (Å²) >= 11 is 0. The molecule has 0 saturated heterocycles. The summed E-state index contributed by atoms with van der Waals surface area (Å²) in [7, 11) is 0. The number of rotatable bonds is 7. The first-order valence-electron chi connectivity index (χ1n) is 8.07. The highest BCUT2D eigenvalue weighted by Gasteiger charge is 2.32. The Balaban J connectivity index is 2.32. The molecule has 0 radical (unpaired) electrons. The van der Waals surface area contributed by atoms with Crippen LogP contribution in [0, 0.1) is 29.6 Å². The Kier molecular flexibility index (Phi) is 6.99. The highest BCUT2D eigenvalue weighted by atomic mass is 16.4. The Morgan fingerprint density at radius 2 is 1.71 bits per heavy atom. The van der Waals surface area contributed by atoms with E-state index >= 15 is 0 Å². The van der Waals surface area contributed by atoms with Crippen molar-refractivity contribution >= 4 is 12.0 Å². The number of carboxylic acid groups (broad SMARTS) is 1. The Bertz CT molecular complexity index is 347. The van der Waals surface area contributed by atoms with Crippen LogP contribution in [0.15, 0.2) is 0 Å². The first kappa shape index (κ1) is 17.8. The van der Waals surface area contributed by atoms with Crippen LogP contribution in [0.2, 0.25) is 0 Å². The normalized spacial score (nSPS) is 22.0. The van der Waals surface area contributed by atoms with E-state index in [2.05, 4.69) is 38.3 Å². The van der Waals surface area contributed by atoms with Gasteiger partial charge in [0, 0.05) is 13.1 Å². The Morgan fingerprint density at radius 1 is 1.10 bits per heavy atom. The van der Waals surface area contributed by atoms with Crippen LogP contribution in [-0.4, -0.2) is 30.2 Å². The number of nitrogens with one attached hydrogen (secondary N) is 2. The Morgan fingerprint density at radius 3 is 2.24 bits per heavy atom. The van der Waals surface area contributed by atoms with E-state index in [4.69, 9.17) is 5.11 Å². The summed E-state index contributed by atoms with van der Waals surface area (Å²) in [6.07, 6.45) is 2.55. The zero-order chi connectivity index (χ0) is 16.0. The molecule has 2 atom stereocenters. The van der Waals surface area contributed by atoms with Crippen LogP contribution in [0.5, 0.6) is 0 Å². The summed E-state index contributed by atoms with van der Waals surface area (Å²) in [6, 6.07) is -0.183. The molecule has 0 bridgehead atoms. The molecule has 5 nitrogen and oxygen atoms in total. The monoisotopic (exact) mass is 298 g/mol. The summed E-state index contributed by atoms with van der Waals surface area (Å²) in [5.41, 5.74) is 0. The SMILES string of the molecule is CC(C)C(CNC(=O)NCC1CCCC1C(=O)O)C(C)C. The number of hydrogen-bond donors (Lipinski definition) is 3. The van der Waals surface area contributed by atoms with Crippen molar-refractivity contribution in [2.24, 2.45) is 29.6 Å². The zero-order valence-electron chi connectivity index (χ0n) is 13.7. The minimum Gasteiger partial charge on any atom is -0.481 e. The third-order valence-corrected chi connectivity index (χ3v) is 4.71. The highest BCUT2D eigenvalue weighted by Crippen LogP contribution is 2.31. The number of carbonyl (C=O) groups excluding carboxylic acids is 1. The Hall–Kier alpha value is -1.26. The number of amides is 2. The van der Waals surface area contributed by atoms with Gasteiger partial charge in [-0.15, -0.1) is 0 Å². The van der Waals surface area contributed by atoms with Gasteiger partial charge in [0.2, 0.25) is 0 Å². The van der Waals surface area contributed by atoms with Crippen molar-refractivity contribution in [2.75, 3.05) is 13.1 Å². The van der Waals surface area contributed by atoms with E-state index in [9.17, 15) is 9.59 Å². The van der Waals surface area contributed by atoms with Crippen LogP contribution in [0.3, 0.4) is 0 Å². The van der Waals surface area contributed by atoms with Crippen molar-refractivity contribution in [3.63, 3.8) is 0 Å². The molecule has 0 spiro atoms. The summed E-state index contributed by atoms with van der Waals surface area (Å²) in [6.45, 7) is 9.78. The van der Waals surface area contributed by atoms with Crippen LogP contribution in [0.4, 0.5) is 4.79 Å². The molecule has 1 rings (SSSR count). The summed E-state index contributed by atoms with van der Waals surface area (Å²) in [5, 5.41) is 14.9. The zero-order valence-corrected chi connectivity index (χ0v) is 13.7. The first-order chi connectivity index (χ1) is 9.82. The number of urea groups is 1. The number of carboxylic acids is 1. The molecule has 0 aliphatic heterocycles. The molecule has 5 heteroatoms. The fourth-order valence-corrected chi connectivity index (χ4v) is 3.34. The predicted octanol–water partition coefficient (Wildman–Crippen LogP) is 2.71. The molecule has 3 N–H and O–H groups in total. The molecule has 0 aromatic heterocycles. The third-order valence-electron chi connectivity index (χ3n) is 4.71. The quantitative estimate of drug-likeness (QED) is 0.676. The highest BCUT2D eigenvalue weighted by molar-refractivity contribution is 5.74. The van der Waals surface area contributed by atoms with Gasteiger partial charge in [-0.05, 0) is 36.5 Å². The van der Waals surface area contributed by atoms with Crippen LogP contribution in [-0.2, 0) is 4.79 Å². The predicted molar refractivity (Wildman–Crippen MR) is 83.0 cm³/mol. The van der Waals surface area contributed by atoms with E-state index in [0.29, 0.717) is 30.8 Å². The summed E-state index contributed by atoms with van der Waals surface area (Å²) < 4.78 is 0. The van der Waals surface area contributed by atoms with E-state index in [1.165, 1.54) is 0 Å². The molecule has 1 saturated carbocycles. The topological polar surface area (TPSA) is 78.4 Å². The fraction of sp³-hybridized carbons (Fsp3) is 0.875. The maximum Gasteiger partial charge on any atom is 0.314 e. The average Bonchev–Trinajstić information content (AvgIpc) is 2.84. The van der Waals surface area contributed by atoms with Gasteiger partial charge >= 0.3 is 12.0 Å². The van der Waals surface area contributed by atoms with Crippen LogP contribution in [0.25, 0.3) is 0 Å². The van der Waals surface area contributed by atoms with E-state index in [1.807, 2.05) is 0 Å². The standard InChI is InChI=1S/C16H30N2O3/c1-10(2)14(11(3)4)9-18-16(21)17-8-12-6-5-7-13(12)15(19)20/h10-14H,5-9H2,1-4H3,(H,19,20)(H2,17,18,21). The minimum absolute atomic E-state index is 0.0687. The van der Waals surface area contributed by atoms with Crippen molar-refractivity contribution in [3.8, 4) is 0 Å². The molecule has 2 unspecified atom stereocenters. The van der Waals surface area contributed by atoms with E-state index < -0.39 is 5.97 Å². The molecule has 1 aliphatic rings. The second kappa shape index (κ2) is 8.25. The maximum absolute atomic E-state index is 11.9. The molecule has 0 heterocycles. The van der Waals surface area contributed by atoms with E-state index in [0.717, 1.165) is 19.3 Å². The second-order valence-electron chi connectivity index (χ2n) is 6.88. The van der Waals surface area contributed by atoms with Crippen LogP contribution < -0.4 is 10.6 Å². The lowest BCUT2D eigenvalue weighted by atomic mass is 9.85. The van der Waals surface area contributed by atoms with Crippen molar-refractivity contribution in [2.45, 2.75) is 47.0 Å². The van der Waals surface area contributed by atoms with Crippen LogP contribution >= 0.6 is 0 Å². The third kappa shape index (κ3) is 5.56. The fourth-order valence-electron chi connectivity index (χ4n) is 3.34. The molecule has 2 amide bonds. The number of aliphatic carboxylic acids is 1. The van der Waals surface area contributed by atoms with Crippen molar-refractivity contribution in [1.29, 1.82) is 0 Å². The Labute approximate surface area is 127 Å². The number of carbonyl (C=O) groups is 2. The van der Waals surface area contributed by atoms with Gasteiger partial charge in [-0.1, -0.05) is 34.1 Å². The maximum atomic E-state index is 11.9. The van der Waals surface area contributed by atoms with Crippen molar-refractivity contribution in [1.82, 2.24) is 10.6 Å².